The van der Waals surface area contributed by atoms with E-state index in [2.05, 4.69) is 71.4 Å². The highest BCUT2D eigenvalue weighted by molar-refractivity contribution is 9.09. The third-order valence-electron chi connectivity index (χ3n) is 3.83. The molecule has 2 aromatic carbocycles. The predicted octanol–water partition coefficient (Wildman–Crippen LogP) is 4.85. The van der Waals surface area contributed by atoms with Gasteiger partial charge in [0, 0.05) is 4.83 Å². The summed E-state index contributed by atoms with van der Waals surface area (Å²) in [5.41, 5.74) is 5.80. The molecule has 0 N–H and O–H groups in total. The van der Waals surface area contributed by atoms with Crippen molar-refractivity contribution in [1.29, 1.82) is 0 Å². The number of hydrogen-bond acceptors (Lipinski definition) is 0. The molecule has 0 aromatic heterocycles. The van der Waals surface area contributed by atoms with E-state index in [1.54, 1.807) is 0 Å². The molecule has 0 aliphatic heterocycles. The summed E-state index contributed by atoms with van der Waals surface area (Å²) in [7, 11) is 0. The molecule has 0 saturated heterocycles. The van der Waals surface area contributed by atoms with Crippen LogP contribution in [-0.2, 0) is 12.8 Å². The van der Waals surface area contributed by atoms with Gasteiger partial charge < -0.3 is 0 Å². The molecule has 18 heavy (non-hydrogen) atoms. The van der Waals surface area contributed by atoms with E-state index in [0.29, 0.717) is 10.7 Å². The molecule has 92 valence electrons. The lowest BCUT2D eigenvalue weighted by Gasteiger charge is -2.14. The SMILES string of the molecule is Cc1cccc(CC2Cc3ccccc3C2Br)c1. The molecule has 0 radical (unpaired) electrons. The highest BCUT2D eigenvalue weighted by Gasteiger charge is 2.29. The predicted molar refractivity (Wildman–Crippen MR) is 80.2 cm³/mol. The molecule has 1 aliphatic rings. The first-order valence-corrected chi connectivity index (χ1v) is 7.43. The van der Waals surface area contributed by atoms with Gasteiger partial charge >= 0.3 is 0 Å². The van der Waals surface area contributed by atoms with Crippen LogP contribution in [0.4, 0.5) is 0 Å². The topological polar surface area (TPSA) is 0 Å². The number of alkyl halides is 1. The molecule has 2 atom stereocenters. The Morgan fingerprint density at radius 1 is 1.11 bits per heavy atom. The summed E-state index contributed by atoms with van der Waals surface area (Å²) < 4.78 is 0. The maximum absolute atomic E-state index is 3.88. The molecule has 2 aromatic rings. The highest BCUT2D eigenvalue weighted by Crippen LogP contribution is 2.43. The Morgan fingerprint density at radius 3 is 2.72 bits per heavy atom. The lowest BCUT2D eigenvalue weighted by molar-refractivity contribution is 0.555. The van der Waals surface area contributed by atoms with Crippen molar-refractivity contribution in [3.05, 3.63) is 70.8 Å². The van der Waals surface area contributed by atoms with Gasteiger partial charge in [-0.1, -0.05) is 70.0 Å². The lowest BCUT2D eigenvalue weighted by Crippen LogP contribution is -2.06. The largest absolute Gasteiger partial charge is 0.0835 e. The van der Waals surface area contributed by atoms with Crippen LogP contribution in [0.5, 0.6) is 0 Å². The van der Waals surface area contributed by atoms with Gasteiger partial charge in [-0.05, 0) is 42.4 Å². The second-order valence-corrected chi connectivity index (χ2v) is 6.24. The van der Waals surface area contributed by atoms with Gasteiger partial charge in [-0.2, -0.15) is 0 Å². The molecule has 1 heteroatoms. The van der Waals surface area contributed by atoms with Crippen molar-refractivity contribution in [1.82, 2.24) is 0 Å². The first-order valence-electron chi connectivity index (χ1n) is 6.51. The fraction of sp³-hybridized carbons (Fsp3) is 0.294. The minimum absolute atomic E-state index is 0.509. The zero-order valence-electron chi connectivity index (χ0n) is 10.6. The quantitative estimate of drug-likeness (QED) is 0.696. The van der Waals surface area contributed by atoms with Crippen molar-refractivity contribution in [2.45, 2.75) is 24.6 Å². The molecule has 0 fully saturated rings. The molecular formula is C17H17Br. The molecular weight excluding hydrogens is 284 g/mol. The molecule has 2 unspecified atom stereocenters. The molecule has 0 nitrogen and oxygen atoms in total. The van der Waals surface area contributed by atoms with Crippen LogP contribution in [0.1, 0.15) is 27.1 Å². The highest BCUT2D eigenvalue weighted by atomic mass is 79.9. The van der Waals surface area contributed by atoms with Crippen molar-refractivity contribution in [2.75, 3.05) is 0 Å². The molecule has 3 rings (SSSR count). The van der Waals surface area contributed by atoms with Gasteiger partial charge in [0.1, 0.15) is 0 Å². The van der Waals surface area contributed by atoms with Crippen LogP contribution in [-0.4, -0.2) is 0 Å². The summed E-state index contributed by atoms with van der Waals surface area (Å²) in [6, 6.07) is 17.7. The Bertz CT molecular complexity index is 559. The number of hydrogen-bond donors (Lipinski definition) is 0. The summed E-state index contributed by atoms with van der Waals surface area (Å²) in [6.45, 7) is 2.17. The standard InChI is InChI=1S/C17H17Br/c1-12-5-4-6-13(9-12)10-15-11-14-7-2-3-8-16(14)17(15)18/h2-9,15,17H,10-11H2,1H3. The summed E-state index contributed by atoms with van der Waals surface area (Å²) in [6.07, 6.45) is 2.35. The summed E-state index contributed by atoms with van der Waals surface area (Å²) in [5, 5.41) is 0. The first kappa shape index (κ1) is 12.0. The van der Waals surface area contributed by atoms with Crippen molar-refractivity contribution in [3.8, 4) is 0 Å². The van der Waals surface area contributed by atoms with Gasteiger partial charge in [-0.25, -0.2) is 0 Å². The third kappa shape index (κ3) is 2.24. The number of halogens is 1. The molecule has 0 bridgehead atoms. The average Bonchev–Trinajstić information content (AvgIpc) is 2.67. The smallest absolute Gasteiger partial charge is 0.0432 e. The normalized spacial score (nSPS) is 21.9. The number of benzene rings is 2. The first-order chi connectivity index (χ1) is 8.74. The van der Waals surface area contributed by atoms with Gasteiger partial charge in [0.25, 0.3) is 0 Å². The minimum atomic E-state index is 0.509. The fourth-order valence-electron chi connectivity index (χ4n) is 2.95. The van der Waals surface area contributed by atoms with Gasteiger partial charge in [0.05, 0.1) is 0 Å². The van der Waals surface area contributed by atoms with E-state index in [4.69, 9.17) is 0 Å². The average molecular weight is 301 g/mol. The maximum atomic E-state index is 3.88. The van der Waals surface area contributed by atoms with Crippen LogP contribution in [0.2, 0.25) is 0 Å². The van der Waals surface area contributed by atoms with Crippen LogP contribution in [0.15, 0.2) is 48.5 Å². The second-order valence-electron chi connectivity index (χ2n) is 5.26. The van der Waals surface area contributed by atoms with Crippen molar-refractivity contribution in [3.63, 3.8) is 0 Å². The van der Waals surface area contributed by atoms with Crippen LogP contribution in [0, 0.1) is 12.8 Å². The van der Waals surface area contributed by atoms with Gasteiger partial charge in [0.2, 0.25) is 0 Å². The van der Waals surface area contributed by atoms with Gasteiger partial charge in [-0.15, -0.1) is 0 Å². The Balaban J connectivity index is 1.81. The van der Waals surface area contributed by atoms with Crippen LogP contribution < -0.4 is 0 Å². The van der Waals surface area contributed by atoms with Crippen LogP contribution >= 0.6 is 15.9 Å². The van der Waals surface area contributed by atoms with Crippen LogP contribution in [0.3, 0.4) is 0 Å². The Hall–Kier alpha value is -1.08. The van der Waals surface area contributed by atoms with E-state index in [1.165, 1.54) is 28.7 Å². The number of aryl methyl sites for hydroxylation is 1. The molecule has 1 aliphatic carbocycles. The Labute approximate surface area is 117 Å². The van der Waals surface area contributed by atoms with Crippen molar-refractivity contribution < 1.29 is 0 Å². The maximum Gasteiger partial charge on any atom is 0.0432 e. The van der Waals surface area contributed by atoms with E-state index in [9.17, 15) is 0 Å². The monoisotopic (exact) mass is 300 g/mol. The third-order valence-corrected chi connectivity index (χ3v) is 5.07. The van der Waals surface area contributed by atoms with Crippen molar-refractivity contribution in [2.24, 2.45) is 5.92 Å². The molecule has 0 heterocycles. The Morgan fingerprint density at radius 2 is 1.94 bits per heavy atom. The second kappa shape index (κ2) is 4.89. The number of fused-ring (bicyclic) bond motifs is 1. The zero-order valence-corrected chi connectivity index (χ0v) is 12.2. The van der Waals surface area contributed by atoms with E-state index in [0.717, 1.165) is 6.42 Å². The zero-order chi connectivity index (χ0) is 12.5. The molecule has 0 saturated carbocycles. The van der Waals surface area contributed by atoms with E-state index in [-0.39, 0.29) is 0 Å². The van der Waals surface area contributed by atoms with E-state index in [1.807, 2.05) is 0 Å². The summed E-state index contributed by atoms with van der Waals surface area (Å²) in [4.78, 5) is 0.509. The molecule has 0 spiro atoms. The summed E-state index contributed by atoms with van der Waals surface area (Å²) >= 11 is 3.88. The van der Waals surface area contributed by atoms with Gasteiger partial charge in [-0.3, -0.25) is 0 Å². The molecule has 0 amide bonds. The fourth-order valence-corrected chi connectivity index (χ4v) is 3.77. The summed E-state index contributed by atoms with van der Waals surface area (Å²) in [5.74, 6) is 0.684. The van der Waals surface area contributed by atoms with Crippen molar-refractivity contribution >= 4 is 15.9 Å². The van der Waals surface area contributed by atoms with E-state index < -0.39 is 0 Å². The van der Waals surface area contributed by atoms with Crippen LogP contribution in [0.25, 0.3) is 0 Å². The lowest BCUT2D eigenvalue weighted by atomic mass is 9.96. The number of rotatable bonds is 2. The van der Waals surface area contributed by atoms with E-state index >= 15 is 0 Å². The minimum Gasteiger partial charge on any atom is -0.0835 e. The Kier molecular flexibility index (Phi) is 3.25. The van der Waals surface area contributed by atoms with Gasteiger partial charge in [0.15, 0.2) is 0 Å².